The van der Waals surface area contributed by atoms with E-state index in [0.29, 0.717) is 22.6 Å². The Hall–Kier alpha value is -2.66. The third-order valence-electron chi connectivity index (χ3n) is 5.41. The number of benzene rings is 1. The van der Waals surface area contributed by atoms with Gasteiger partial charge in [-0.1, -0.05) is 57.2 Å². The molecule has 1 aliphatic carbocycles. The molecule has 0 amide bonds. The first-order valence-corrected chi connectivity index (χ1v) is 10.6. The van der Waals surface area contributed by atoms with Gasteiger partial charge >= 0.3 is 0 Å². The summed E-state index contributed by atoms with van der Waals surface area (Å²) in [5.41, 5.74) is 2.11. The summed E-state index contributed by atoms with van der Waals surface area (Å²) in [6.45, 7) is 10.7. The highest BCUT2D eigenvalue weighted by Gasteiger charge is 2.29. The molecule has 0 fully saturated rings. The predicted octanol–water partition coefficient (Wildman–Crippen LogP) is 6.22. The molecule has 0 spiro atoms. The molecule has 1 atom stereocenters. The molecule has 1 aliphatic rings. The Bertz CT molecular complexity index is 973. The lowest BCUT2D eigenvalue weighted by molar-refractivity contribution is 0.123. The van der Waals surface area contributed by atoms with Gasteiger partial charge in [0, 0.05) is 19.5 Å². The van der Waals surface area contributed by atoms with Crippen LogP contribution in [0.4, 0.5) is 5.82 Å². The van der Waals surface area contributed by atoms with E-state index in [1.54, 1.807) is 4.90 Å². The number of nitrogens with zero attached hydrogens (tertiary/aromatic N) is 2. The molecule has 4 nitrogen and oxygen atoms in total. The van der Waals surface area contributed by atoms with Crippen molar-refractivity contribution in [3.05, 3.63) is 71.8 Å². The van der Waals surface area contributed by atoms with Crippen molar-refractivity contribution >= 4 is 23.2 Å². The summed E-state index contributed by atoms with van der Waals surface area (Å²) in [7, 11) is 1.84. The zero-order chi connectivity index (χ0) is 21.9. The smallest absolute Gasteiger partial charge is 0.270 e. The average Bonchev–Trinajstić information content (AvgIpc) is 2.69. The Balaban J connectivity index is 1.70. The van der Waals surface area contributed by atoms with Crippen LogP contribution in [-0.2, 0) is 5.41 Å². The second-order valence-corrected chi connectivity index (χ2v) is 9.20. The molecule has 1 aromatic carbocycles. The van der Waals surface area contributed by atoms with Crippen LogP contribution in [0, 0.1) is 0 Å². The van der Waals surface area contributed by atoms with E-state index in [1.165, 1.54) is 11.1 Å². The zero-order valence-corrected chi connectivity index (χ0v) is 19.4. The lowest BCUT2D eigenvalue weighted by Crippen LogP contribution is -2.35. The SMILES string of the molecule is CC1=CC=CCC1(C)Oc1cccc(N(C)C(=S)Oc2ccc(C(C)(C)C)cc2)n1. The van der Waals surface area contributed by atoms with Gasteiger partial charge in [0.05, 0.1) is 0 Å². The second-order valence-electron chi connectivity index (χ2n) is 8.85. The van der Waals surface area contributed by atoms with Crippen molar-refractivity contribution in [1.82, 2.24) is 4.98 Å². The predicted molar refractivity (Wildman–Crippen MR) is 128 cm³/mol. The number of pyridine rings is 1. The fourth-order valence-corrected chi connectivity index (χ4v) is 3.32. The fourth-order valence-electron chi connectivity index (χ4n) is 3.13. The van der Waals surface area contributed by atoms with Crippen molar-refractivity contribution in [3.63, 3.8) is 0 Å². The molecule has 5 heteroatoms. The highest BCUT2D eigenvalue weighted by Crippen LogP contribution is 2.31. The van der Waals surface area contributed by atoms with E-state index in [0.717, 1.165) is 6.42 Å². The Morgan fingerprint density at radius 2 is 1.83 bits per heavy atom. The number of allylic oxidation sites excluding steroid dienone is 2. The monoisotopic (exact) mass is 422 g/mol. The van der Waals surface area contributed by atoms with E-state index >= 15 is 0 Å². The molecular weight excluding hydrogens is 392 g/mol. The maximum atomic E-state index is 6.25. The molecule has 158 valence electrons. The number of thiocarbonyl (C=S) groups is 1. The molecule has 30 heavy (non-hydrogen) atoms. The van der Waals surface area contributed by atoms with E-state index < -0.39 is 5.60 Å². The lowest BCUT2D eigenvalue weighted by Gasteiger charge is -2.32. The Morgan fingerprint density at radius 3 is 2.47 bits per heavy atom. The van der Waals surface area contributed by atoms with Crippen molar-refractivity contribution in [2.24, 2.45) is 0 Å². The quantitative estimate of drug-likeness (QED) is 0.546. The summed E-state index contributed by atoms with van der Waals surface area (Å²) in [6, 6.07) is 13.7. The van der Waals surface area contributed by atoms with Crippen LogP contribution >= 0.6 is 12.2 Å². The van der Waals surface area contributed by atoms with Gasteiger partial charge in [0.15, 0.2) is 0 Å². The first-order chi connectivity index (χ1) is 14.1. The van der Waals surface area contributed by atoms with Crippen molar-refractivity contribution in [2.45, 2.75) is 52.1 Å². The number of hydrogen-bond acceptors (Lipinski definition) is 4. The maximum absolute atomic E-state index is 6.25. The van der Waals surface area contributed by atoms with E-state index in [1.807, 2.05) is 37.4 Å². The van der Waals surface area contributed by atoms with Crippen LogP contribution in [0.2, 0.25) is 0 Å². The van der Waals surface area contributed by atoms with Crippen LogP contribution < -0.4 is 14.4 Å². The third-order valence-corrected chi connectivity index (χ3v) is 5.76. The summed E-state index contributed by atoms with van der Waals surface area (Å²) in [5.74, 6) is 1.93. The van der Waals surface area contributed by atoms with Gasteiger partial charge in [0.1, 0.15) is 17.2 Å². The normalized spacial score (nSPS) is 18.5. The number of anilines is 1. The lowest BCUT2D eigenvalue weighted by atomic mass is 9.87. The minimum absolute atomic E-state index is 0.0957. The van der Waals surface area contributed by atoms with E-state index in [-0.39, 0.29) is 5.41 Å². The third kappa shape index (κ3) is 5.08. The Labute approximate surface area is 185 Å². The summed E-state index contributed by atoms with van der Waals surface area (Å²) in [6.07, 6.45) is 7.05. The first-order valence-electron chi connectivity index (χ1n) is 10.1. The topological polar surface area (TPSA) is 34.6 Å². The second kappa shape index (κ2) is 8.60. The molecule has 0 aliphatic heterocycles. The molecule has 1 unspecified atom stereocenters. The summed E-state index contributed by atoms with van der Waals surface area (Å²) in [4.78, 5) is 6.38. The van der Waals surface area contributed by atoms with Gasteiger partial charge < -0.3 is 9.47 Å². The highest BCUT2D eigenvalue weighted by atomic mass is 32.1. The minimum Gasteiger partial charge on any atom is -0.466 e. The zero-order valence-electron chi connectivity index (χ0n) is 18.6. The van der Waals surface area contributed by atoms with E-state index in [2.05, 4.69) is 70.0 Å². The molecule has 1 aromatic heterocycles. The van der Waals surface area contributed by atoms with Crippen LogP contribution in [0.25, 0.3) is 0 Å². The van der Waals surface area contributed by atoms with Crippen LogP contribution in [0.5, 0.6) is 11.6 Å². The largest absolute Gasteiger partial charge is 0.466 e. The van der Waals surface area contributed by atoms with Gasteiger partial charge in [-0.2, -0.15) is 4.98 Å². The maximum Gasteiger partial charge on any atom is 0.270 e. The fraction of sp³-hybridized carbons (Fsp3) is 0.360. The molecule has 2 aromatic rings. The van der Waals surface area contributed by atoms with Crippen molar-refractivity contribution in [1.29, 1.82) is 0 Å². The summed E-state index contributed by atoms with van der Waals surface area (Å²) < 4.78 is 12.1. The van der Waals surface area contributed by atoms with Gasteiger partial charge in [-0.25, -0.2) is 0 Å². The van der Waals surface area contributed by atoms with Gasteiger partial charge in [-0.3, -0.25) is 4.90 Å². The highest BCUT2D eigenvalue weighted by molar-refractivity contribution is 7.80. The van der Waals surface area contributed by atoms with Crippen molar-refractivity contribution in [2.75, 3.05) is 11.9 Å². The summed E-state index contributed by atoms with van der Waals surface area (Å²) in [5, 5.41) is 0.325. The van der Waals surface area contributed by atoms with Crippen LogP contribution in [0.15, 0.2) is 66.3 Å². The first kappa shape index (κ1) is 22.0. The minimum atomic E-state index is -0.398. The molecular formula is C25H30N2O2S. The number of rotatable bonds is 4. The van der Waals surface area contributed by atoms with E-state index in [4.69, 9.17) is 21.7 Å². The van der Waals surface area contributed by atoms with Crippen LogP contribution in [0.3, 0.4) is 0 Å². The van der Waals surface area contributed by atoms with Gasteiger partial charge in [0.25, 0.3) is 5.17 Å². The Morgan fingerprint density at radius 1 is 1.13 bits per heavy atom. The van der Waals surface area contributed by atoms with Gasteiger partial charge in [0.2, 0.25) is 5.88 Å². The molecule has 0 saturated carbocycles. The average molecular weight is 423 g/mol. The molecule has 3 rings (SSSR count). The summed E-state index contributed by atoms with van der Waals surface area (Å²) >= 11 is 5.50. The molecule has 0 radical (unpaired) electrons. The van der Waals surface area contributed by atoms with Crippen LogP contribution in [0.1, 0.15) is 46.6 Å². The number of aromatic nitrogens is 1. The number of ether oxygens (including phenoxy) is 2. The van der Waals surface area contributed by atoms with Crippen molar-refractivity contribution in [3.8, 4) is 11.6 Å². The van der Waals surface area contributed by atoms with E-state index in [9.17, 15) is 0 Å². The van der Waals surface area contributed by atoms with Gasteiger partial charge in [-0.05, 0) is 60.8 Å². The number of hydrogen-bond donors (Lipinski definition) is 0. The Kier molecular flexibility index (Phi) is 6.32. The van der Waals surface area contributed by atoms with Crippen molar-refractivity contribution < 1.29 is 9.47 Å². The molecule has 0 bridgehead atoms. The molecule has 1 heterocycles. The van der Waals surface area contributed by atoms with Crippen LogP contribution in [-0.4, -0.2) is 22.8 Å². The standard InChI is InChI=1S/C25H30N2O2S/c1-18-10-7-8-17-25(18,5)29-22-12-9-11-21(26-22)27(6)23(30)28-20-15-13-19(14-16-20)24(2,3)4/h7-16H,17H2,1-6H3. The van der Waals surface area contributed by atoms with Gasteiger partial charge in [-0.15, -0.1) is 0 Å². The molecule has 0 saturated heterocycles. The molecule has 0 N–H and O–H groups in total.